The number of ether oxygens (including phenoxy) is 1. The van der Waals surface area contributed by atoms with E-state index in [4.69, 9.17) is 0 Å². The first-order valence-electron chi connectivity index (χ1n) is 5.53. The molecule has 5 nitrogen and oxygen atoms in total. The van der Waals surface area contributed by atoms with Crippen LogP contribution in [0.4, 0.5) is 32.0 Å². The molecule has 1 rings (SSSR count). The number of halogens is 6. The van der Waals surface area contributed by atoms with Gasteiger partial charge in [0.05, 0.1) is 17.1 Å². The Kier molecular flexibility index (Phi) is 4.68. The molecule has 1 aromatic carbocycles. The lowest BCUT2D eigenvalue weighted by Gasteiger charge is -2.14. The number of nitro groups is 1. The van der Waals surface area contributed by atoms with Crippen molar-refractivity contribution < 1.29 is 40.8 Å². The summed E-state index contributed by atoms with van der Waals surface area (Å²) in [6.45, 7) is 0.997. The Hall–Kier alpha value is -2.33. The first kappa shape index (κ1) is 17.7. The van der Waals surface area contributed by atoms with E-state index in [2.05, 4.69) is 4.74 Å². The van der Waals surface area contributed by atoms with Crippen LogP contribution in [0.3, 0.4) is 0 Å². The smallest absolute Gasteiger partial charge is 0.423 e. The largest absolute Gasteiger partial charge is 0.462 e. The van der Waals surface area contributed by atoms with Gasteiger partial charge in [-0.3, -0.25) is 10.1 Å². The van der Waals surface area contributed by atoms with Gasteiger partial charge in [0.2, 0.25) is 0 Å². The fourth-order valence-electron chi connectivity index (χ4n) is 1.60. The van der Waals surface area contributed by atoms with E-state index < -0.39 is 45.6 Å². The molecule has 0 saturated carbocycles. The van der Waals surface area contributed by atoms with E-state index >= 15 is 0 Å². The number of hydrogen-bond donors (Lipinski definition) is 0. The fourth-order valence-corrected chi connectivity index (χ4v) is 1.60. The molecular weight excluding hydrogens is 324 g/mol. The number of rotatable bonds is 3. The molecular formula is C11H7F6NO4. The second kappa shape index (κ2) is 5.81. The van der Waals surface area contributed by atoms with E-state index in [1.54, 1.807) is 0 Å². The Morgan fingerprint density at radius 2 is 1.55 bits per heavy atom. The molecule has 0 radical (unpaired) electrons. The number of carbonyl (C=O) groups is 1. The second-order valence-electron chi connectivity index (χ2n) is 3.89. The summed E-state index contributed by atoms with van der Waals surface area (Å²) in [6.07, 6.45) is -10.9. The van der Waals surface area contributed by atoms with Gasteiger partial charge in [0, 0.05) is 0 Å². The predicted octanol–water partition coefficient (Wildman–Crippen LogP) is 3.81. The monoisotopic (exact) mass is 331 g/mol. The number of nitro benzene ring substituents is 1. The summed E-state index contributed by atoms with van der Waals surface area (Å²) in [5.74, 6) is -1.45. The van der Waals surface area contributed by atoms with Crippen LogP contribution in [0, 0.1) is 10.1 Å². The van der Waals surface area contributed by atoms with Crippen LogP contribution in [0.2, 0.25) is 0 Å². The maximum absolute atomic E-state index is 12.8. The highest BCUT2D eigenvalue weighted by molar-refractivity contribution is 5.90. The molecule has 0 aliphatic carbocycles. The molecule has 0 fully saturated rings. The Balaban J connectivity index is 3.77. The quantitative estimate of drug-likeness (QED) is 0.365. The van der Waals surface area contributed by atoms with E-state index in [1.807, 2.05) is 0 Å². The van der Waals surface area contributed by atoms with Crippen molar-refractivity contribution >= 4 is 11.7 Å². The Bertz CT molecular complexity index is 573. The van der Waals surface area contributed by atoms with Crippen molar-refractivity contribution in [2.45, 2.75) is 19.3 Å². The topological polar surface area (TPSA) is 69.4 Å². The van der Waals surface area contributed by atoms with Crippen LogP contribution < -0.4 is 0 Å². The van der Waals surface area contributed by atoms with E-state index in [0.29, 0.717) is 0 Å². The average molecular weight is 331 g/mol. The number of benzene rings is 1. The van der Waals surface area contributed by atoms with Gasteiger partial charge in [-0.15, -0.1) is 0 Å². The van der Waals surface area contributed by atoms with Crippen molar-refractivity contribution in [3.05, 3.63) is 38.9 Å². The first-order valence-corrected chi connectivity index (χ1v) is 5.53. The number of esters is 1. The summed E-state index contributed by atoms with van der Waals surface area (Å²) in [7, 11) is 0. The molecule has 0 bridgehead atoms. The Morgan fingerprint density at radius 1 is 1.14 bits per heavy atom. The second-order valence-corrected chi connectivity index (χ2v) is 3.89. The van der Waals surface area contributed by atoms with Crippen molar-refractivity contribution in [3.63, 3.8) is 0 Å². The lowest BCUT2D eigenvalue weighted by molar-refractivity contribution is -0.391. The van der Waals surface area contributed by atoms with E-state index in [1.165, 1.54) is 6.92 Å². The molecule has 0 amide bonds. The zero-order valence-electron chi connectivity index (χ0n) is 10.7. The van der Waals surface area contributed by atoms with Gasteiger partial charge in [-0.2, -0.15) is 26.3 Å². The summed E-state index contributed by atoms with van der Waals surface area (Å²) >= 11 is 0. The summed E-state index contributed by atoms with van der Waals surface area (Å²) in [6, 6.07) is -0.0727. The fraction of sp³-hybridized carbons (Fsp3) is 0.364. The molecule has 1 aromatic rings. The normalized spacial score (nSPS) is 12.1. The van der Waals surface area contributed by atoms with Crippen molar-refractivity contribution in [2.75, 3.05) is 6.61 Å². The standard InChI is InChI=1S/C11H7F6NO4/c1-2-22-9(19)5-3-6(10(12,13)14)8(18(20)21)7(4-5)11(15,16)17/h3-4H,2H2,1H3. The maximum Gasteiger partial charge on any atom is 0.423 e. The molecule has 0 aliphatic heterocycles. The third-order valence-electron chi connectivity index (χ3n) is 2.41. The van der Waals surface area contributed by atoms with Gasteiger partial charge in [0.1, 0.15) is 11.1 Å². The average Bonchev–Trinajstić information content (AvgIpc) is 2.35. The lowest BCUT2D eigenvalue weighted by Crippen LogP contribution is -2.18. The zero-order valence-corrected chi connectivity index (χ0v) is 10.7. The minimum absolute atomic E-state index is 0.0363. The lowest BCUT2D eigenvalue weighted by atomic mass is 10.0. The molecule has 0 aliphatic rings. The van der Waals surface area contributed by atoms with Gasteiger partial charge in [-0.1, -0.05) is 0 Å². The Morgan fingerprint density at radius 3 is 1.82 bits per heavy atom. The molecule has 0 atom stereocenters. The predicted molar refractivity (Wildman–Crippen MR) is 59.1 cm³/mol. The third-order valence-corrected chi connectivity index (χ3v) is 2.41. The summed E-state index contributed by atoms with van der Waals surface area (Å²) < 4.78 is 81.0. The molecule has 0 unspecified atom stereocenters. The maximum atomic E-state index is 12.8. The molecule has 0 aromatic heterocycles. The highest BCUT2D eigenvalue weighted by Crippen LogP contribution is 2.44. The van der Waals surface area contributed by atoms with E-state index in [0.717, 1.165) is 0 Å². The van der Waals surface area contributed by atoms with Crippen molar-refractivity contribution in [1.82, 2.24) is 0 Å². The van der Waals surface area contributed by atoms with Gasteiger partial charge in [0.15, 0.2) is 0 Å². The van der Waals surface area contributed by atoms with Crippen LogP contribution in [0.25, 0.3) is 0 Å². The van der Waals surface area contributed by atoms with Gasteiger partial charge < -0.3 is 4.74 Å². The minimum atomic E-state index is -5.45. The first-order chi connectivity index (χ1) is 9.89. The number of hydrogen-bond acceptors (Lipinski definition) is 4. The molecule has 0 N–H and O–H groups in total. The number of nitrogens with zero attached hydrogens (tertiary/aromatic N) is 1. The van der Waals surface area contributed by atoms with Crippen molar-refractivity contribution in [2.24, 2.45) is 0 Å². The molecule has 0 spiro atoms. The molecule has 0 saturated heterocycles. The summed E-state index contributed by atoms with van der Waals surface area (Å²) in [4.78, 5) is 20.2. The molecule has 22 heavy (non-hydrogen) atoms. The van der Waals surface area contributed by atoms with Gasteiger partial charge >= 0.3 is 18.3 Å². The van der Waals surface area contributed by atoms with Crippen LogP contribution in [0.15, 0.2) is 12.1 Å². The minimum Gasteiger partial charge on any atom is -0.462 e. The van der Waals surface area contributed by atoms with Crippen LogP contribution in [0.5, 0.6) is 0 Å². The molecule has 122 valence electrons. The highest BCUT2D eigenvalue weighted by Gasteiger charge is 2.47. The van der Waals surface area contributed by atoms with Crippen molar-refractivity contribution in [3.8, 4) is 0 Å². The van der Waals surface area contributed by atoms with Crippen LogP contribution in [0.1, 0.15) is 28.4 Å². The van der Waals surface area contributed by atoms with E-state index in [-0.39, 0.29) is 18.7 Å². The van der Waals surface area contributed by atoms with Gasteiger partial charge in [-0.05, 0) is 19.1 Å². The van der Waals surface area contributed by atoms with Crippen molar-refractivity contribution in [1.29, 1.82) is 0 Å². The molecule has 0 heterocycles. The van der Waals surface area contributed by atoms with Gasteiger partial charge in [-0.25, -0.2) is 4.79 Å². The summed E-state index contributed by atoms with van der Waals surface area (Å²) in [5.41, 5.74) is -7.58. The van der Waals surface area contributed by atoms with Crippen LogP contribution in [-0.4, -0.2) is 17.5 Å². The Labute approximate surface area is 118 Å². The van der Waals surface area contributed by atoms with Crippen LogP contribution in [-0.2, 0) is 17.1 Å². The van der Waals surface area contributed by atoms with Crippen LogP contribution >= 0.6 is 0 Å². The number of alkyl halides is 6. The summed E-state index contributed by atoms with van der Waals surface area (Å²) in [5, 5.41) is 10.6. The van der Waals surface area contributed by atoms with Gasteiger partial charge in [0.25, 0.3) is 5.69 Å². The third kappa shape index (κ3) is 3.65. The number of carbonyl (C=O) groups excluding carboxylic acids is 1. The highest BCUT2D eigenvalue weighted by atomic mass is 19.4. The molecule has 11 heteroatoms. The zero-order chi connectivity index (χ0) is 17.3. The van der Waals surface area contributed by atoms with E-state index in [9.17, 15) is 41.3 Å². The SMILES string of the molecule is CCOC(=O)c1cc(C(F)(F)F)c([N+](=O)[O-])c(C(F)(F)F)c1.